The van der Waals surface area contributed by atoms with Gasteiger partial charge in [-0.15, -0.1) is 5.10 Å². The zero-order valence-electron chi connectivity index (χ0n) is 16.4. The number of carbonyl (C=O) groups excluding carboxylic acids is 2. The Bertz CT molecular complexity index is 1260. The fourth-order valence-electron chi connectivity index (χ4n) is 2.91. The first kappa shape index (κ1) is 19.9. The van der Waals surface area contributed by atoms with E-state index in [1.54, 1.807) is 30.3 Å². The van der Waals surface area contributed by atoms with Crippen LogP contribution >= 0.6 is 0 Å². The van der Waals surface area contributed by atoms with Gasteiger partial charge in [-0.25, -0.2) is 4.39 Å². The molecule has 4 aromatic rings. The van der Waals surface area contributed by atoms with Crippen LogP contribution in [0.3, 0.4) is 0 Å². The summed E-state index contributed by atoms with van der Waals surface area (Å²) in [6.07, 6.45) is 2.98. The second-order valence-electron chi connectivity index (χ2n) is 6.61. The van der Waals surface area contributed by atoms with Crippen molar-refractivity contribution in [3.05, 3.63) is 95.6 Å². The van der Waals surface area contributed by atoms with Crippen LogP contribution < -0.4 is 10.6 Å². The normalized spacial score (nSPS) is 10.5. The second-order valence-corrected chi connectivity index (χ2v) is 6.61. The predicted octanol–water partition coefficient (Wildman–Crippen LogP) is 3.61. The van der Waals surface area contributed by atoms with Crippen molar-refractivity contribution in [2.45, 2.75) is 6.92 Å². The molecule has 31 heavy (non-hydrogen) atoms. The van der Waals surface area contributed by atoms with Crippen LogP contribution in [-0.2, 0) is 0 Å². The number of nitrogens with zero attached hydrogens (tertiary/aromatic N) is 4. The van der Waals surface area contributed by atoms with Gasteiger partial charge in [0.2, 0.25) is 5.95 Å². The molecule has 2 amide bonds. The van der Waals surface area contributed by atoms with Crippen LogP contribution in [0.15, 0.2) is 73.1 Å². The van der Waals surface area contributed by atoms with Crippen LogP contribution in [0.1, 0.15) is 26.3 Å². The van der Waals surface area contributed by atoms with Gasteiger partial charge >= 0.3 is 0 Å². The molecule has 4 rings (SSSR count). The molecule has 0 saturated heterocycles. The van der Waals surface area contributed by atoms with E-state index in [9.17, 15) is 14.0 Å². The first-order chi connectivity index (χ1) is 15.0. The highest BCUT2D eigenvalue weighted by molar-refractivity contribution is 6.05. The Kier molecular flexibility index (Phi) is 5.48. The lowest BCUT2D eigenvalue weighted by atomic mass is 10.1. The van der Waals surface area contributed by atoms with Crippen LogP contribution in [0.25, 0.3) is 5.69 Å². The van der Waals surface area contributed by atoms with Gasteiger partial charge in [0.05, 0.1) is 5.69 Å². The van der Waals surface area contributed by atoms with Gasteiger partial charge in [-0.1, -0.05) is 24.3 Å². The van der Waals surface area contributed by atoms with Crippen molar-refractivity contribution in [2.75, 3.05) is 10.6 Å². The smallest absolute Gasteiger partial charge is 0.258 e. The van der Waals surface area contributed by atoms with Crippen molar-refractivity contribution in [3.63, 3.8) is 0 Å². The molecule has 0 aliphatic carbocycles. The maximum Gasteiger partial charge on any atom is 0.258 e. The molecule has 0 aliphatic rings. The molecule has 2 aromatic carbocycles. The average Bonchev–Trinajstić information content (AvgIpc) is 3.16. The Morgan fingerprint density at radius 1 is 0.935 bits per heavy atom. The molecule has 0 bridgehead atoms. The molecule has 0 aliphatic heterocycles. The monoisotopic (exact) mass is 416 g/mol. The molecule has 0 saturated carbocycles. The number of hydrogen-bond acceptors (Lipinski definition) is 5. The summed E-state index contributed by atoms with van der Waals surface area (Å²) in [6.45, 7) is 1.81. The van der Waals surface area contributed by atoms with E-state index in [-0.39, 0.29) is 11.9 Å². The third kappa shape index (κ3) is 4.45. The number of halogens is 1. The Morgan fingerprint density at radius 3 is 2.45 bits per heavy atom. The fourth-order valence-corrected chi connectivity index (χ4v) is 2.91. The molecule has 2 N–H and O–H groups in total. The van der Waals surface area contributed by atoms with Crippen molar-refractivity contribution in [1.29, 1.82) is 0 Å². The van der Waals surface area contributed by atoms with Crippen LogP contribution in [0.2, 0.25) is 0 Å². The lowest BCUT2D eigenvalue weighted by molar-refractivity contribution is 0.101. The molecule has 2 heterocycles. The molecular formula is C22H17FN6O2. The fraction of sp³-hybridized carbons (Fsp3) is 0.0455. The topological polar surface area (TPSA) is 102 Å². The van der Waals surface area contributed by atoms with Gasteiger partial charge in [0.15, 0.2) is 0 Å². The molecule has 0 unspecified atom stereocenters. The number of carbonyl (C=O) groups is 2. The van der Waals surface area contributed by atoms with E-state index < -0.39 is 17.6 Å². The Balaban J connectivity index is 1.68. The number of aryl methyl sites for hydroxylation is 1. The number of hydrogen-bond donors (Lipinski definition) is 2. The third-order valence-electron chi connectivity index (χ3n) is 4.44. The predicted molar refractivity (Wildman–Crippen MR) is 113 cm³/mol. The molecule has 0 spiro atoms. The standard InChI is InChI=1S/C22H17FN6O2/c1-14-5-2-3-8-18(14)20(31)26-22-27-21(25-19(30)15-9-11-24-12-10-15)28-29(22)17-7-4-6-16(23)13-17/h2-13H,1H3,(H2,25,26,27,28,30,31). The number of pyridine rings is 1. The average molecular weight is 416 g/mol. The summed E-state index contributed by atoms with van der Waals surface area (Å²) in [5.41, 5.74) is 1.93. The number of anilines is 2. The van der Waals surface area contributed by atoms with Crippen LogP contribution in [0.4, 0.5) is 16.3 Å². The number of amides is 2. The van der Waals surface area contributed by atoms with E-state index in [1.807, 2.05) is 19.1 Å². The van der Waals surface area contributed by atoms with E-state index in [2.05, 4.69) is 25.7 Å². The minimum atomic E-state index is -0.480. The van der Waals surface area contributed by atoms with Crippen molar-refractivity contribution >= 4 is 23.7 Å². The molecule has 0 fully saturated rings. The van der Waals surface area contributed by atoms with Crippen LogP contribution in [0, 0.1) is 12.7 Å². The summed E-state index contributed by atoms with van der Waals surface area (Å²) in [4.78, 5) is 33.3. The highest BCUT2D eigenvalue weighted by Gasteiger charge is 2.18. The third-order valence-corrected chi connectivity index (χ3v) is 4.44. The minimum absolute atomic E-state index is 0.0314. The van der Waals surface area contributed by atoms with Gasteiger partial charge in [-0.3, -0.25) is 25.2 Å². The van der Waals surface area contributed by atoms with Crippen molar-refractivity contribution in [2.24, 2.45) is 0 Å². The summed E-state index contributed by atoms with van der Waals surface area (Å²) >= 11 is 0. The Labute approximate surface area is 176 Å². The Hall–Kier alpha value is -4.40. The highest BCUT2D eigenvalue weighted by atomic mass is 19.1. The highest BCUT2D eigenvalue weighted by Crippen LogP contribution is 2.19. The zero-order valence-corrected chi connectivity index (χ0v) is 16.4. The first-order valence-electron chi connectivity index (χ1n) is 9.32. The number of benzene rings is 2. The maximum absolute atomic E-state index is 13.8. The molecule has 0 radical (unpaired) electrons. The molecule has 154 valence electrons. The van der Waals surface area contributed by atoms with Gasteiger partial charge in [0.1, 0.15) is 5.82 Å². The Morgan fingerprint density at radius 2 is 1.71 bits per heavy atom. The van der Waals surface area contributed by atoms with E-state index in [0.29, 0.717) is 16.8 Å². The van der Waals surface area contributed by atoms with Crippen molar-refractivity contribution in [3.8, 4) is 5.69 Å². The number of nitrogens with one attached hydrogen (secondary N) is 2. The van der Waals surface area contributed by atoms with Crippen LogP contribution in [-0.4, -0.2) is 31.6 Å². The molecule has 9 heteroatoms. The van der Waals surface area contributed by atoms with Gasteiger partial charge in [0.25, 0.3) is 17.8 Å². The summed E-state index contributed by atoms with van der Waals surface area (Å²) in [6, 6.07) is 15.8. The van der Waals surface area contributed by atoms with Gasteiger partial charge in [-0.2, -0.15) is 9.67 Å². The second kappa shape index (κ2) is 8.54. The van der Waals surface area contributed by atoms with Gasteiger partial charge < -0.3 is 0 Å². The van der Waals surface area contributed by atoms with E-state index in [4.69, 9.17) is 0 Å². The molecule has 2 aromatic heterocycles. The number of rotatable bonds is 5. The number of aromatic nitrogens is 4. The summed E-state index contributed by atoms with van der Waals surface area (Å²) in [5.74, 6) is -1.35. The SMILES string of the molecule is Cc1ccccc1C(=O)Nc1nc(NC(=O)c2ccncc2)nn1-c1cccc(F)c1. The van der Waals surface area contributed by atoms with E-state index in [0.717, 1.165) is 5.56 Å². The van der Waals surface area contributed by atoms with Crippen molar-refractivity contribution < 1.29 is 14.0 Å². The van der Waals surface area contributed by atoms with E-state index >= 15 is 0 Å². The molecular weight excluding hydrogens is 399 g/mol. The minimum Gasteiger partial charge on any atom is -0.290 e. The van der Waals surface area contributed by atoms with Crippen molar-refractivity contribution in [1.82, 2.24) is 19.7 Å². The largest absolute Gasteiger partial charge is 0.290 e. The quantitative estimate of drug-likeness (QED) is 0.517. The molecule has 0 atom stereocenters. The summed E-state index contributed by atoms with van der Waals surface area (Å²) < 4.78 is 15.0. The van der Waals surface area contributed by atoms with Crippen LogP contribution in [0.5, 0.6) is 0 Å². The first-order valence-corrected chi connectivity index (χ1v) is 9.32. The zero-order chi connectivity index (χ0) is 21.8. The summed E-state index contributed by atoms with van der Waals surface area (Å²) in [5, 5.41) is 9.49. The lowest BCUT2D eigenvalue weighted by Crippen LogP contribution is -2.17. The van der Waals surface area contributed by atoms with E-state index in [1.165, 1.54) is 35.3 Å². The van der Waals surface area contributed by atoms with Gasteiger partial charge in [-0.05, 0) is 48.9 Å². The molecule has 8 nitrogen and oxygen atoms in total. The summed E-state index contributed by atoms with van der Waals surface area (Å²) in [7, 11) is 0. The lowest BCUT2D eigenvalue weighted by Gasteiger charge is -2.08. The maximum atomic E-state index is 13.8. The van der Waals surface area contributed by atoms with Gasteiger partial charge in [0, 0.05) is 23.5 Å².